The van der Waals surface area contributed by atoms with Crippen LogP contribution in [0, 0.1) is 6.92 Å². The third kappa shape index (κ3) is 2.72. The Morgan fingerprint density at radius 1 is 1.50 bits per heavy atom. The molecule has 0 spiro atoms. The molecule has 5 nitrogen and oxygen atoms in total. The Kier molecular flexibility index (Phi) is 3.71. The first-order valence-electron chi connectivity index (χ1n) is 6.60. The number of carbonyl (C=O) groups excluding carboxylic acids is 1. The fourth-order valence-corrected chi connectivity index (χ4v) is 2.58. The molecule has 0 aliphatic heterocycles. The summed E-state index contributed by atoms with van der Waals surface area (Å²) >= 11 is 0. The number of aliphatic hydroxyl groups is 1. The Hall–Kier alpha value is -1.36. The van der Waals surface area contributed by atoms with Crippen LogP contribution in [0.4, 0.5) is 5.82 Å². The molecule has 1 aliphatic carbocycles. The van der Waals surface area contributed by atoms with Gasteiger partial charge in [-0.25, -0.2) is 0 Å². The molecule has 1 aromatic rings. The second-order valence-corrected chi connectivity index (χ2v) is 5.19. The maximum Gasteiger partial charge on any atom is 0.228 e. The third-order valence-electron chi connectivity index (χ3n) is 3.75. The van der Waals surface area contributed by atoms with Crippen molar-refractivity contribution >= 4 is 11.7 Å². The van der Waals surface area contributed by atoms with Gasteiger partial charge in [-0.15, -0.1) is 0 Å². The van der Waals surface area contributed by atoms with Crippen LogP contribution in [-0.4, -0.2) is 26.8 Å². The Bertz CT molecular complexity index is 433. The molecular weight excluding hydrogens is 230 g/mol. The minimum Gasteiger partial charge on any atom is -0.389 e. The first-order valence-corrected chi connectivity index (χ1v) is 6.60. The van der Waals surface area contributed by atoms with E-state index in [0.29, 0.717) is 5.82 Å². The molecule has 1 heterocycles. The molecule has 0 radical (unpaired) electrons. The van der Waals surface area contributed by atoms with E-state index in [1.165, 1.54) is 0 Å². The molecular formula is C13H21N3O2. The Balaban J connectivity index is 1.96. The number of rotatable bonds is 4. The van der Waals surface area contributed by atoms with Crippen LogP contribution in [0.2, 0.25) is 0 Å². The molecule has 1 aliphatic rings. The molecule has 0 atom stereocenters. The van der Waals surface area contributed by atoms with Crippen LogP contribution in [0.15, 0.2) is 0 Å². The van der Waals surface area contributed by atoms with Gasteiger partial charge in [-0.3, -0.25) is 9.89 Å². The summed E-state index contributed by atoms with van der Waals surface area (Å²) in [5, 5.41) is 19.9. The number of hydrogen-bond donors (Lipinski definition) is 3. The molecule has 3 N–H and O–H groups in total. The zero-order valence-electron chi connectivity index (χ0n) is 11.0. The van der Waals surface area contributed by atoms with Gasteiger partial charge in [0.05, 0.1) is 12.0 Å². The molecule has 0 aromatic carbocycles. The first-order chi connectivity index (χ1) is 8.54. The number of amides is 1. The molecule has 5 heteroatoms. The van der Waals surface area contributed by atoms with Crippen molar-refractivity contribution in [2.24, 2.45) is 0 Å². The number of nitrogens with one attached hydrogen (secondary N) is 2. The van der Waals surface area contributed by atoms with Crippen molar-refractivity contribution in [1.82, 2.24) is 10.2 Å². The van der Waals surface area contributed by atoms with Crippen LogP contribution in [0.25, 0.3) is 0 Å². The predicted molar refractivity (Wildman–Crippen MR) is 69.4 cm³/mol. The van der Waals surface area contributed by atoms with Crippen molar-refractivity contribution in [2.45, 2.75) is 58.0 Å². The molecule has 0 saturated heterocycles. The number of aryl methyl sites for hydroxylation is 1. The summed E-state index contributed by atoms with van der Waals surface area (Å²) in [6, 6.07) is 0. The highest BCUT2D eigenvalue weighted by atomic mass is 16.3. The van der Waals surface area contributed by atoms with E-state index in [4.69, 9.17) is 0 Å². The lowest BCUT2D eigenvalue weighted by atomic mass is 9.98. The third-order valence-corrected chi connectivity index (χ3v) is 3.75. The van der Waals surface area contributed by atoms with Crippen molar-refractivity contribution in [2.75, 3.05) is 5.32 Å². The van der Waals surface area contributed by atoms with Crippen LogP contribution in [0.3, 0.4) is 0 Å². The monoisotopic (exact) mass is 251 g/mol. The highest BCUT2D eigenvalue weighted by Crippen LogP contribution is 2.32. The molecule has 18 heavy (non-hydrogen) atoms. The number of anilines is 1. The fraction of sp³-hybridized carbons (Fsp3) is 0.692. The van der Waals surface area contributed by atoms with E-state index < -0.39 is 5.60 Å². The highest BCUT2D eigenvalue weighted by molar-refractivity contribution is 5.91. The maximum atomic E-state index is 11.9. The summed E-state index contributed by atoms with van der Waals surface area (Å²) < 4.78 is 0. The maximum absolute atomic E-state index is 11.9. The zero-order chi connectivity index (χ0) is 13.2. The van der Waals surface area contributed by atoms with Gasteiger partial charge < -0.3 is 10.4 Å². The van der Waals surface area contributed by atoms with Crippen molar-refractivity contribution in [1.29, 1.82) is 0 Å². The van der Waals surface area contributed by atoms with Gasteiger partial charge in [0, 0.05) is 11.3 Å². The molecule has 1 fully saturated rings. The lowest BCUT2D eigenvalue weighted by molar-refractivity contribution is -0.120. The van der Waals surface area contributed by atoms with E-state index in [9.17, 15) is 9.90 Å². The molecule has 1 saturated carbocycles. The van der Waals surface area contributed by atoms with Crippen LogP contribution < -0.4 is 5.32 Å². The largest absolute Gasteiger partial charge is 0.389 e. The Labute approximate surface area is 107 Å². The minimum absolute atomic E-state index is 0.156. The van der Waals surface area contributed by atoms with Gasteiger partial charge >= 0.3 is 0 Å². The topological polar surface area (TPSA) is 78.0 Å². The van der Waals surface area contributed by atoms with E-state index in [0.717, 1.165) is 43.4 Å². The van der Waals surface area contributed by atoms with Gasteiger partial charge in [0.1, 0.15) is 0 Å². The molecule has 0 unspecified atom stereocenters. The quantitative estimate of drug-likeness (QED) is 0.765. The van der Waals surface area contributed by atoms with Crippen molar-refractivity contribution in [3.63, 3.8) is 0 Å². The average Bonchev–Trinajstić information content (AvgIpc) is 2.87. The zero-order valence-corrected chi connectivity index (χ0v) is 11.0. The SMILES string of the molecule is CCc1[nH]nc(NC(=O)CC2(O)CCCC2)c1C. The van der Waals surface area contributed by atoms with E-state index in [1.807, 2.05) is 13.8 Å². The molecule has 1 aromatic heterocycles. The smallest absolute Gasteiger partial charge is 0.228 e. The Morgan fingerprint density at radius 3 is 2.72 bits per heavy atom. The van der Waals surface area contributed by atoms with Crippen molar-refractivity contribution < 1.29 is 9.90 Å². The standard InChI is InChI=1S/C13H21N3O2/c1-3-10-9(2)12(16-15-10)14-11(17)8-13(18)6-4-5-7-13/h18H,3-8H2,1-2H3,(H2,14,15,16,17). The van der Waals surface area contributed by atoms with Gasteiger partial charge in [0.2, 0.25) is 5.91 Å². The van der Waals surface area contributed by atoms with Gasteiger partial charge in [-0.2, -0.15) is 5.10 Å². The number of hydrogen-bond acceptors (Lipinski definition) is 3. The summed E-state index contributed by atoms with van der Waals surface area (Å²) in [4.78, 5) is 11.9. The number of aromatic nitrogens is 2. The first kappa shape index (κ1) is 13.1. The summed E-state index contributed by atoms with van der Waals surface area (Å²) in [5.41, 5.74) is 1.20. The van der Waals surface area contributed by atoms with Crippen LogP contribution in [0.1, 0.15) is 50.3 Å². The van der Waals surface area contributed by atoms with Gasteiger partial charge in [0.15, 0.2) is 5.82 Å². The van der Waals surface area contributed by atoms with E-state index in [-0.39, 0.29) is 12.3 Å². The van der Waals surface area contributed by atoms with Crippen LogP contribution >= 0.6 is 0 Å². The molecule has 2 rings (SSSR count). The molecule has 0 bridgehead atoms. The van der Waals surface area contributed by atoms with Gasteiger partial charge in [0.25, 0.3) is 0 Å². The second kappa shape index (κ2) is 5.10. The number of H-pyrrole nitrogens is 1. The number of carbonyl (C=O) groups is 1. The summed E-state index contributed by atoms with van der Waals surface area (Å²) in [6.45, 7) is 3.97. The Morgan fingerprint density at radius 2 is 2.17 bits per heavy atom. The van der Waals surface area contributed by atoms with Crippen molar-refractivity contribution in [3.8, 4) is 0 Å². The summed E-state index contributed by atoms with van der Waals surface area (Å²) in [6.07, 6.45) is 4.48. The second-order valence-electron chi connectivity index (χ2n) is 5.19. The van der Waals surface area contributed by atoms with Gasteiger partial charge in [-0.1, -0.05) is 19.8 Å². The normalized spacial score (nSPS) is 17.9. The van der Waals surface area contributed by atoms with Crippen LogP contribution in [0.5, 0.6) is 0 Å². The minimum atomic E-state index is -0.804. The van der Waals surface area contributed by atoms with E-state index in [2.05, 4.69) is 15.5 Å². The molecule has 1 amide bonds. The lowest BCUT2D eigenvalue weighted by Crippen LogP contribution is -2.30. The van der Waals surface area contributed by atoms with Crippen molar-refractivity contribution in [3.05, 3.63) is 11.3 Å². The highest BCUT2D eigenvalue weighted by Gasteiger charge is 2.33. The van der Waals surface area contributed by atoms with Gasteiger partial charge in [-0.05, 0) is 26.2 Å². The number of aromatic amines is 1. The lowest BCUT2D eigenvalue weighted by Gasteiger charge is -2.20. The summed E-state index contributed by atoms with van der Waals surface area (Å²) in [5.74, 6) is 0.426. The van der Waals surface area contributed by atoms with E-state index in [1.54, 1.807) is 0 Å². The molecule has 100 valence electrons. The average molecular weight is 251 g/mol. The summed E-state index contributed by atoms with van der Waals surface area (Å²) in [7, 11) is 0. The van der Waals surface area contributed by atoms with Crippen LogP contribution in [-0.2, 0) is 11.2 Å². The fourth-order valence-electron chi connectivity index (χ4n) is 2.58. The van der Waals surface area contributed by atoms with E-state index >= 15 is 0 Å². The predicted octanol–water partition coefficient (Wildman–Crippen LogP) is 1.91. The number of nitrogens with zero attached hydrogens (tertiary/aromatic N) is 1.